The lowest BCUT2D eigenvalue weighted by Crippen LogP contribution is -2.02. The zero-order valence-corrected chi connectivity index (χ0v) is 11.7. The van der Waals surface area contributed by atoms with Crippen LogP contribution in [0.4, 0.5) is 0 Å². The molecule has 0 radical (unpaired) electrons. The minimum Gasteiger partial charge on any atom is -0.388 e. The summed E-state index contributed by atoms with van der Waals surface area (Å²) in [7, 11) is 0. The second-order valence-electron chi connectivity index (χ2n) is 4.33. The fraction of sp³-hybridized carbons (Fsp3) is 0.545. The van der Waals surface area contributed by atoms with Gasteiger partial charge in [-0.05, 0) is 19.8 Å². The molecule has 18 heavy (non-hydrogen) atoms. The van der Waals surface area contributed by atoms with Gasteiger partial charge in [-0.25, -0.2) is 4.98 Å². The van der Waals surface area contributed by atoms with Gasteiger partial charge in [0.05, 0.1) is 5.75 Å². The molecule has 1 aliphatic rings. The molecule has 0 unspecified atom stereocenters. The maximum Gasteiger partial charge on any atom is 0.191 e. The SMILES string of the molecule is Cc1csc(CSc2nnc(CO)n2C2CC2)n1. The van der Waals surface area contributed by atoms with Crippen LogP contribution in [0.25, 0.3) is 0 Å². The van der Waals surface area contributed by atoms with E-state index in [1.807, 2.05) is 6.92 Å². The topological polar surface area (TPSA) is 63.8 Å². The molecule has 1 N–H and O–H groups in total. The number of aliphatic hydroxyl groups is 1. The third-order valence-electron chi connectivity index (χ3n) is 2.78. The molecule has 0 amide bonds. The zero-order valence-electron chi connectivity index (χ0n) is 10.0. The Hall–Kier alpha value is -0.920. The largest absolute Gasteiger partial charge is 0.388 e. The molecule has 3 rings (SSSR count). The van der Waals surface area contributed by atoms with Crippen LogP contribution in [0, 0.1) is 6.92 Å². The molecule has 96 valence electrons. The third-order valence-corrected chi connectivity index (χ3v) is 4.88. The summed E-state index contributed by atoms with van der Waals surface area (Å²) in [5.74, 6) is 1.49. The van der Waals surface area contributed by atoms with Crippen molar-refractivity contribution in [2.45, 2.75) is 43.3 Å². The first kappa shape index (κ1) is 12.1. The van der Waals surface area contributed by atoms with Crippen molar-refractivity contribution in [3.8, 4) is 0 Å². The van der Waals surface area contributed by atoms with Crippen molar-refractivity contribution in [2.24, 2.45) is 0 Å². The molecule has 0 saturated heterocycles. The first-order valence-electron chi connectivity index (χ1n) is 5.86. The molecular formula is C11H14N4OS2. The Morgan fingerprint density at radius 3 is 2.94 bits per heavy atom. The smallest absolute Gasteiger partial charge is 0.191 e. The van der Waals surface area contributed by atoms with Crippen LogP contribution < -0.4 is 0 Å². The van der Waals surface area contributed by atoms with Crippen LogP contribution in [-0.2, 0) is 12.4 Å². The number of thiazole rings is 1. The van der Waals surface area contributed by atoms with E-state index in [0.717, 1.165) is 34.5 Å². The number of aromatic nitrogens is 4. The van der Waals surface area contributed by atoms with Crippen molar-refractivity contribution in [2.75, 3.05) is 0 Å². The summed E-state index contributed by atoms with van der Waals surface area (Å²) in [6.07, 6.45) is 2.32. The van der Waals surface area contributed by atoms with Crippen molar-refractivity contribution < 1.29 is 5.11 Å². The van der Waals surface area contributed by atoms with Crippen LogP contribution in [0.15, 0.2) is 10.5 Å². The van der Waals surface area contributed by atoms with E-state index in [9.17, 15) is 5.11 Å². The van der Waals surface area contributed by atoms with Gasteiger partial charge in [0, 0.05) is 17.1 Å². The van der Waals surface area contributed by atoms with Crippen molar-refractivity contribution in [1.29, 1.82) is 0 Å². The van der Waals surface area contributed by atoms with E-state index in [1.165, 1.54) is 0 Å². The highest BCUT2D eigenvalue weighted by Crippen LogP contribution is 2.39. The van der Waals surface area contributed by atoms with Crippen LogP contribution >= 0.6 is 23.1 Å². The lowest BCUT2D eigenvalue weighted by Gasteiger charge is -2.06. The van der Waals surface area contributed by atoms with Gasteiger partial charge in [0.2, 0.25) is 0 Å². The molecule has 0 atom stereocenters. The van der Waals surface area contributed by atoms with Gasteiger partial charge < -0.3 is 9.67 Å². The van der Waals surface area contributed by atoms with Crippen molar-refractivity contribution in [3.05, 3.63) is 21.9 Å². The molecule has 0 aliphatic heterocycles. The summed E-state index contributed by atoms with van der Waals surface area (Å²) >= 11 is 3.32. The molecule has 0 spiro atoms. The van der Waals surface area contributed by atoms with Crippen LogP contribution in [0.5, 0.6) is 0 Å². The summed E-state index contributed by atoms with van der Waals surface area (Å²) in [6, 6.07) is 0.489. The molecular weight excluding hydrogens is 268 g/mol. The number of aliphatic hydroxyl groups excluding tert-OH is 1. The fourth-order valence-corrected chi connectivity index (χ4v) is 3.62. The normalized spacial score (nSPS) is 15.2. The third kappa shape index (κ3) is 2.43. The molecule has 1 fully saturated rings. The fourth-order valence-electron chi connectivity index (χ4n) is 1.81. The Kier molecular flexibility index (Phi) is 3.36. The summed E-state index contributed by atoms with van der Waals surface area (Å²) in [4.78, 5) is 4.43. The molecule has 5 nitrogen and oxygen atoms in total. The van der Waals surface area contributed by atoms with Gasteiger partial charge in [-0.2, -0.15) is 0 Å². The lowest BCUT2D eigenvalue weighted by atomic mass is 10.6. The van der Waals surface area contributed by atoms with Crippen molar-refractivity contribution in [3.63, 3.8) is 0 Å². The number of rotatable bonds is 5. The van der Waals surface area contributed by atoms with Crippen LogP contribution in [0.3, 0.4) is 0 Å². The summed E-state index contributed by atoms with van der Waals surface area (Å²) in [5.41, 5.74) is 1.07. The van der Waals surface area contributed by atoms with Crippen molar-refractivity contribution in [1.82, 2.24) is 19.7 Å². The highest BCUT2D eigenvalue weighted by molar-refractivity contribution is 7.98. The molecule has 0 aromatic carbocycles. The van der Waals surface area contributed by atoms with Crippen LogP contribution in [0.2, 0.25) is 0 Å². The van der Waals surface area contributed by atoms with Crippen LogP contribution in [-0.4, -0.2) is 24.9 Å². The second-order valence-corrected chi connectivity index (χ2v) is 6.21. The quantitative estimate of drug-likeness (QED) is 0.851. The van der Waals surface area contributed by atoms with Gasteiger partial charge in [-0.3, -0.25) is 0 Å². The highest BCUT2D eigenvalue weighted by atomic mass is 32.2. The number of aryl methyl sites for hydroxylation is 1. The number of nitrogens with zero attached hydrogens (tertiary/aromatic N) is 4. The van der Waals surface area contributed by atoms with Gasteiger partial charge in [0.25, 0.3) is 0 Å². The molecule has 7 heteroatoms. The van der Waals surface area contributed by atoms with Crippen LogP contribution in [0.1, 0.15) is 35.4 Å². The van der Waals surface area contributed by atoms with E-state index in [0.29, 0.717) is 11.9 Å². The Balaban J connectivity index is 1.74. The maximum absolute atomic E-state index is 9.25. The van der Waals surface area contributed by atoms with E-state index < -0.39 is 0 Å². The molecule has 2 aromatic rings. The van der Waals surface area contributed by atoms with Gasteiger partial charge in [0.15, 0.2) is 11.0 Å². The Labute approximate surface area is 113 Å². The number of thioether (sulfide) groups is 1. The van der Waals surface area contributed by atoms with E-state index >= 15 is 0 Å². The minimum absolute atomic E-state index is 0.0412. The summed E-state index contributed by atoms with van der Waals surface area (Å²) in [5, 5.41) is 21.5. The molecule has 1 saturated carbocycles. The van der Waals surface area contributed by atoms with E-state index in [1.54, 1.807) is 23.1 Å². The lowest BCUT2D eigenvalue weighted by molar-refractivity contribution is 0.263. The molecule has 2 aromatic heterocycles. The minimum atomic E-state index is -0.0412. The summed E-state index contributed by atoms with van der Waals surface area (Å²) < 4.78 is 2.07. The average Bonchev–Trinajstić information content (AvgIpc) is 2.99. The Bertz CT molecular complexity index is 547. The second kappa shape index (κ2) is 4.99. The first-order valence-corrected chi connectivity index (χ1v) is 7.73. The van der Waals surface area contributed by atoms with Gasteiger partial charge in [-0.1, -0.05) is 11.8 Å². The molecule has 1 aliphatic carbocycles. The molecule has 0 bridgehead atoms. The first-order chi connectivity index (χ1) is 8.78. The monoisotopic (exact) mass is 282 g/mol. The molecule has 2 heterocycles. The van der Waals surface area contributed by atoms with E-state index in [4.69, 9.17) is 0 Å². The van der Waals surface area contributed by atoms with E-state index in [2.05, 4.69) is 25.1 Å². The maximum atomic E-state index is 9.25. The van der Waals surface area contributed by atoms with Crippen molar-refractivity contribution >= 4 is 23.1 Å². The predicted octanol–water partition coefficient (Wildman–Crippen LogP) is 2.16. The number of hydrogen-bond donors (Lipinski definition) is 1. The Morgan fingerprint density at radius 2 is 2.33 bits per heavy atom. The predicted molar refractivity (Wildman–Crippen MR) is 70.6 cm³/mol. The van der Waals surface area contributed by atoms with Gasteiger partial charge >= 0.3 is 0 Å². The van der Waals surface area contributed by atoms with Gasteiger partial charge in [0.1, 0.15) is 11.6 Å². The highest BCUT2D eigenvalue weighted by Gasteiger charge is 2.29. The average molecular weight is 282 g/mol. The van der Waals surface area contributed by atoms with Gasteiger partial charge in [-0.15, -0.1) is 21.5 Å². The number of hydrogen-bond acceptors (Lipinski definition) is 6. The summed E-state index contributed by atoms with van der Waals surface area (Å²) in [6.45, 7) is 1.96. The zero-order chi connectivity index (χ0) is 12.5. The van der Waals surface area contributed by atoms with E-state index in [-0.39, 0.29) is 6.61 Å². The standard InChI is InChI=1S/C11H14N4OS2/c1-7-5-17-10(12-7)6-18-11-14-13-9(4-16)15(11)8-2-3-8/h5,8,16H,2-4,6H2,1H3. The Morgan fingerprint density at radius 1 is 1.50 bits per heavy atom.